The van der Waals surface area contributed by atoms with Crippen molar-refractivity contribution in [2.45, 2.75) is 32.4 Å². The van der Waals surface area contributed by atoms with Crippen LogP contribution in [0.2, 0.25) is 0 Å². The highest BCUT2D eigenvalue weighted by molar-refractivity contribution is 5.80. The van der Waals surface area contributed by atoms with Gasteiger partial charge >= 0.3 is 0 Å². The number of nitrogens with zero attached hydrogens (tertiary/aromatic N) is 3. The molecule has 0 atom stereocenters. The first-order chi connectivity index (χ1) is 13.7. The molecular formula is C22H25FN4O. The van der Waals surface area contributed by atoms with Crippen LogP contribution in [0.3, 0.4) is 0 Å². The van der Waals surface area contributed by atoms with Crippen LogP contribution >= 0.6 is 0 Å². The zero-order valence-electron chi connectivity index (χ0n) is 16.1. The highest BCUT2D eigenvalue weighted by Crippen LogP contribution is 2.19. The molecule has 0 unspecified atom stereocenters. The van der Waals surface area contributed by atoms with Crippen molar-refractivity contribution in [1.82, 2.24) is 10.2 Å². The van der Waals surface area contributed by atoms with Crippen LogP contribution in [0.1, 0.15) is 30.9 Å². The SMILES string of the molecule is CCNC(=NCc1cc(C#N)ccc1F)N1CCC(Oc2ccccc2)CC1. The number of piperidine rings is 1. The molecule has 2 aromatic carbocycles. The molecule has 0 spiro atoms. The van der Waals surface area contributed by atoms with Gasteiger partial charge in [-0.3, -0.25) is 0 Å². The molecule has 28 heavy (non-hydrogen) atoms. The topological polar surface area (TPSA) is 60.7 Å². The molecule has 1 fully saturated rings. The lowest BCUT2D eigenvalue weighted by atomic mass is 10.1. The van der Waals surface area contributed by atoms with Gasteiger partial charge in [-0.25, -0.2) is 9.38 Å². The Kier molecular flexibility index (Phi) is 6.85. The Balaban J connectivity index is 1.61. The van der Waals surface area contributed by atoms with Gasteiger partial charge in [0.15, 0.2) is 5.96 Å². The number of guanidine groups is 1. The molecule has 1 aliphatic rings. The van der Waals surface area contributed by atoms with Crippen LogP contribution in [0.25, 0.3) is 0 Å². The van der Waals surface area contributed by atoms with Gasteiger partial charge in [0.1, 0.15) is 17.7 Å². The molecule has 6 heteroatoms. The van der Waals surface area contributed by atoms with Crippen LogP contribution in [0.5, 0.6) is 5.75 Å². The van der Waals surface area contributed by atoms with Gasteiger partial charge in [0, 0.05) is 38.0 Å². The van der Waals surface area contributed by atoms with E-state index in [1.165, 1.54) is 12.1 Å². The normalized spacial score (nSPS) is 15.2. The highest BCUT2D eigenvalue weighted by atomic mass is 19.1. The lowest BCUT2D eigenvalue weighted by Crippen LogP contribution is -2.47. The summed E-state index contributed by atoms with van der Waals surface area (Å²) >= 11 is 0. The van der Waals surface area contributed by atoms with Crippen LogP contribution < -0.4 is 10.1 Å². The molecule has 1 aliphatic heterocycles. The third-order valence-electron chi connectivity index (χ3n) is 4.70. The number of likely N-dealkylation sites (tertiary alicyclic amines) is 1. The molecule has 0 bridgehead atoms. The number of nitrogens with one attached hydrogen (secondary N) is 1. The molecule has 0 radical (unpaired) electrons. The molecule has 5 nitrogen and oxygen atoms in total. The average Bonchev–Trinajstić information content (AvgIpc) is 2.73. The van der Waals surface area contributed by atoms with E-state index < -0.39 is 0 Å². The smallest absolute Gasteiger partial charge is 0.194 e. The summed E-state index contributed by atoms with van der Waals surface area (Å²) in [4.78, 5) is 6.77. The van der Waals surface area contributed by atoms with Crippen LogP contribution in [0.4, 0.5) is 4.39 Å². The van der Waals surface area contributed by atoms with Crippen LogP contribution in [0.15, 0.2) is 53.5 Å². The summed E-state index contributed by atoms with van der Waals surface area (Å²) in [5.74, 6) is 1.32. The second-order valence-electron chi connectivity index (χ2n) is 6.71. The monoisotopic (exact) mass is 380 g/mol. The lowest BCUT2D eigenvalue weighted by Gasteiger charge is -2.34. The molecule has 146 valence electrons. The van der Waals surface area contributed by atoms with Gasteiger partial charge in [-0.05, 0) is 37.3 Å². The van der Waals surface area contributed by atoms with Gasteiger partial charge < -0.3 is 15.0 Å². The van der Waals surface area contributed by atoms with Crippen molar-refractivity contribution in [2.75, 3.05) is 19.6 Å². The van der Waals surface area contributed by atoms with Crippen LogP contribution in [-0.2, 0) is 6.54 Å². The van der Waals surface area contributed by atoms with E-state index in [0.717, 1.165) is 44.2 Å². The predicted octanol–water partition coefficient (Wildman–Crippen LogP) is 3.71. The Morgan fingerprint density at radius 1 is 1.25 bits per heavy atom. The number of halogens is 1. The van der Waals surface area contributed by atoms with Crippen LogP contribution in [0, 0.1) is 17.1 Å². The summed E-state index contributed by atoms with van der Waals surface area (Å²) in [5, 5.41) is 12.3. The Morgan fingerprint density at radius 2 is 2.00 bits per heavy atom. The Hall–Kier alpha value is -3.07. The molecule has 3 rings (SSSR count). The summed E-state index contributed by atoms with van der Waals surface area (Å²) < 4.78 is 20.1. The van der Waals surface area contributed by atoms with E-state index in [4.69, 9.17) is 10.00 Å². The minimum atomic E-state index is -0.339. The fourth-order valence-corrected chi connectivity index (χ4v) is 3.23. The number of aliphatic imine (C=N–C) groups is 1. The number of nitriles is 1. The lowest BCUT2D eigenvalue weighted by molar-refractivity contribution is 0.129. The van der Waals surface area contributed by atoms with Gasteiger partial charge in [-0.2, -0.15) is 5.26 Å². The zero-order chi connectivity index (χ0) is 19.8. The molecule has 0 aliphatic carbocycles. The van der Waals surface area contributed by atoms with E-state index in [0.29, 0.717) is 11.1 Å². The number of ether oxygens (including phenoxy) is 1. The van der Waals surface area contributed by atoms with E-state index in [1.54, 1.807) is 6.07 Å². The van der Waals surface area contributed by atoms with E-state index >= 15 is 0 Å². The second-order valence-corrected chi connectivity index (χ2v) is 6.71. The summed E-state index contributed by atoms with van der Waals surface area (Å²) in [6, 6.07) is 16.3. The molecular weight excluding hydrogens is 355 g/mol. The molecule has 0 amide bonds. The maximum absolute atomic E-state index is 14.0. The van der Waals surface area contributed by atoms with Crippen molar-refractivity contribution in [3.8, 4) is 11.8 Å². The highest BCUT2D eigenvalue weighted by Gasteiger charge is 2.22. The largest absolute Gasteiger partial charge is 0.490 e. The number of hydrogen-bond donors (Lipinski definition) is 1. The molecule has 0 saturated carbocycles. The van der Waals surface area contributed by atoms with Gasteiger partial charge in [0.2, 0.25) is 0 Å². The Bertz CT molecular complexity index is 839. The quantitative estimate of drug-likeness (QED) is 0.635. The van der Waals surface area contributed by atoms with Crippen molar-refractivity contribution < 1.29 is 9.13 Å². The van der Waals surface area contributed by atoms with E-state index in [2.05, 4.69) is 15.2 Å². The van der Waals surface area contributed by atoms with Gasteiger partial charge in [0.05, 0.1) is 18.2 Å². The molecule has 1 N–H and O–H groups in total. The maximum Gasteiger partial charge on any atom is 0.194 e. The van der Waals surface area contributed by atoms with E-state index in [1.807, 2.05) is 43.3 Å². The van der Waals surface area contributed by atoms with Crippen molar-refractivity contribution in [3.63, 3.8) is 0 Å². The number of rotatable bonds is 5. The van der Waals surface area contributed by atoms with Crippen molar-refractivity contribution in [3.05, 3.63) is 65.5 Å². The molecule has 2 aromatic rings. The van der Waals surface area contributed by atoms with Gasteiger partial charge in [0.25, 0.3) is 0 Å². The van der Waals surface area contributed by atoms with Crippen LogP contribution in [-0.4, -0.2) is 36.6 Å². The molecule has 1 heterocycles. The van der Waals surface area contributed by atoms with Crippen molar-refractivity contribution in [1.29, 1.82) is 5.26 Å². The van der Waals surface area contributed by atoms with Gasteiger partial charge in [-0.15, -0.1) is 0 Å². The van der Waals surface area contributed by atoms with Crippen molar-refractivity contribution >= 4 is 5.96 Å². The fourth-order valence-electron chi connectivity index (χ4n) is 3.23. The molecule has 0 aromatic heterocycles. The fraction of sp³-hybridized carbons (Fsp3) is 0.364. The minimum absolute atomic E-state index is 0.186. The first-order valence-electron chi connectivity index (χ1n) is 9.63. The second kappa shape index (κ2) is 9.75. The predicted molar refractivity (Wildman–Crippen MR) is 108 cm³/mol. The number of hydrogen-bond acceptors (Lipinski definition) is 3. The minimum Gasteiger partial charge on any atom is -0.490 e. The van der Waals surface area contributed by atoms with E-state index in [-0.39, 0.29) is 18.5 Å². The number of benzene rings is 2. The summed E-state index contributed by atoms with van der Waals surface area (Å²) in [5.41, 5.74) is 0.868. The maximum atomic E-state index is 14.0. The Labute approximate surface area is 165 Å². The summed E-state index contributed by atoms with van der Waals surface area (Å²) in [7, 11) is 0. The van der Waals surface area contributed by atoms with Gasteiger partial charge in [-0.1, -0.05) is 18.2 Å². The third kappa shape index (κ3) is 5.23. The summed E-state index contributed by atoms with van der Waals surface area (Å²) in [6.45, 7) is 4.59. The first-order valence-corrected chi connectivity index (χ1v) is 9.63. The third-order valence-corrected chi connectivity index (χ3v) is 4.70. The standard InChI is InChI=1S/C22H25FN4O/c1-2-25-22(26-16-18-14-17(15-24)8-9-21(18)23)27-12-10-20(11-13-27)28-19-6-4-3-5-7-19/h3-9,14,20H,2,10-13,16H2,1H3,(H,25,26). The first kappa shape index (κ1) is 19.7. The molecule has 1 saturated heterocycles. The zero-order valence-corrected chi connectivity index (χ0v) is 16.1. The van der Waals surface area contributed by atoms with E-state index in [9.17, 15) is 4.39 Å². The summed E-state index contributed by atoms with van der Waals surface area (Å²) in [6.07, 6.45) is 1.99. The average molecular weight is 380 g/mol. The Morgan fingerprint density at radius 3 is 2.68 bits per heavy atom. The number of para-hydroxylation sites is 1. The van der Waals surface area contributed by atoms with Crippen molar-refractivity contribution in [2.24, 2.45) is 4.99 Å².